The van der Waals surface area contributed by atoms with E-state index in [1.54, 1.807) is 11.8 Å². The van der Waals surface area contributed by atoms with Crippen LogP contribution in [0.25, 0.3) is 0 Å². The summed E-state index contributed by atoms with van der Waals surface area (Å²) in [6, 6.07) is -0.0846. The maximum absolute atomic E-state index is 12.1. The highest BCUT2D eigenvalue weighted by molar-refractivity contribution is 5.94. The third kappa shape index (κ3) is 7.11. The van der Waals surface area contributed by atoms with E-state index in [1.807, 2.05) is 0 Å². The lowest BCUT2D eigenvalue weighted by molar-refractivity contribution is -0.138. The van der Waals surface area contributed by atoms with Gasteiger partial charge in [0.2, 0.25) is 5.91 Å². The number of hydrogen-bond donors (Lipinski definition) is 2. The first-order valence-electron chi connectivity index (χ1n) is 7.61. The first kappa shape index (κ1) is 17.5. The molecule has 0 aromatic rings. The number of aliphatic carboxylic acids is 1. The molecule has 6 heteroatoms. The minimum atomic E-state index is -0.932. The Hall–Kier alpha value is -1.59. The fourth-order valence-electron chi connectivity index (χ4n) is 2.16. The van der Waals surface area contributed by atoms with Gasteiger partial charge in [-0.25, -0.2) is 4.79 Å². The van der Waals surface area contributed by atoms with Gasteiger partial charge >= 0.3 is 12.0 Å². The van der Waals surface area contributed by atoms with Gasteiger partial charge in [-0.15, -0.1) is 0 Å². The molecule has 21 heavy (non-hydrogen) atoms. The van der Waals surface area contributed by atoms with Gasteiger partial charge in [-0.2, -0.15) is 0 Å². The Kier molecular flexibility index (Phi) is 6.65. The van der Waals surface area contributed by atoms with E-state index in [4.69, 9.17) is 5.11 Å². The largest absolute Gasteiger partial charge is 0.481 e. The van der Waals surface area contributed by atoms with Gasteiger partial charge in [-0.05, 0) is 31.1 Å². The highest BCUT2D eigenvalue weighted by Gasteiger charge is 2.33. The molecule has 1 unspecified atom stereocenters. The molecule has 0 aromatic carbocycles. The van der Waals surface area contributed by atoms with E-state index in [-0.39, 0.29) is 30.8 Å². The van der Waals surface area contributed by atoms with Crippen LogP contribution < -0.4 is 5.32 Å². The molecule has 0 radical (unpaired) electrons. The highest BCUT2D eigenvalue weighted by Crippen LogP contribution is 2.27. The first-order valence-corrected chi connectivity index (χ1v) is 7.61. The average molecular weight is 298 g/mol. The molecule has 1 aliphatic carbocycles. The van der Waals surface area contributed by atoms with Crippen LogP contribution in [0.3, 0.4) is 0 Å². The molecule has 120 valence electrons. The fraction of sp³-hybridized carbons (Fsp3) is 0.800. The zero-order chi connectivity index (χ0) is 16.0. The van der Waals surface area contributed by atoms with Crippen molar-refractivity contribution < 1.29 is 19.5 Å². The van der Waals surface area contributed by atoms with Crippen LogP contribution in [0.2, 0.25) is 0 Å². The highest BCUT2D eigenvalue weighted by atomic mass is 16.4. The Bertz CT molecular complexity index is 391. The zero-order valence-electron chi connectivity index (χ0n) is 13.1. The standard InChI is InChI=1S/C15H26N2O4/c1-10(2)6-7-17(12-4-5-12)15(21)16-13(18)8-11(3)9-14(19)20/h10-12H,4-9H2,1-3H3,(H,19,20)(H,16,18,21). The lowest BCUT2D eigenvalue weighted by atomic mass is 10.0. The molecule has 1 rings (SSSR count). The molecule has 0 aliphatic heterocycles. The van der Waals surface area contributed by atoms with Crippen molar-refractivity contribution in [1.29, 1.82) is 0 Å². The summed E-state index contributed by atoms with van der Waals surface area (Å²) >= 11 is 0. The second kappa shape index (κ2) is 8.00. The number of imide groups is 1. The molecule has 1 atom stereocenters. The van der Waals surface area contributed by atoms with E-state index in [0.29, 0.717) is 12.5 Å². The van der Waals surface area contributed by atoms with E-state index in [2.05, 4.69) is 19.2 Å². The van der Waals surface area contributed by atoms with Crippen molar-refractivity contribution in [2.75, 3.05) is 6.54 Å². The summed E-state index contributed by atoms with van der Waals surface area (Å²) in [6.45, 7) is 6.55. The normalized spacial score (nSPS) is 15.6. The van der Waals surface area contributed by atoms with Gasteiger partial charge in [0.05, 0.1) is 0 Å². The molecule has 0 heterocycles. The van der Waals surface area contributed by atoms with Gasteiger partial charge in [0.1, 0.15) is 0 Å². The van der Waals surface area contributed by atoms with E-state index in [0.717, 1.165) is 19.3 Å². The number of nitrogens with zero attached hydrogens (tertiary/aromatic N) is 1. The molecular formula is C15H26N2O4. The SMILES string of the molecule is CC(C)CCN(C(=O)NC(=O)CC(C)CC(=O)O)C1CC1. The summed E-state index contributed by atoms with van der Waals surface area (Å²) in [6.07, 6.45) is 2.89. The maximum Gasteiger partial charge on any atom is 0.324 e. The monoisotopic (exact) mass is 298 g/mol. The van der Waals surface area contributed by atoms with Crippen LogP contribution in [0.4, 0.5) is 4.79 Å². The lowest BCUT2D eigenvalue weighted by Gasteiger charge is -2.23. The van der Waals surface area contributed by atoms with Crippen LogP contribution in [0.5, 0.6) is 0 Å². The predicted octanol–water partition coefficient (Wildman–Crippen LogP) is 2.23. The average Bonchev–Trinajstić information content (AvgIpc) is 3.11. The van der Waals surface area contributed by atoms with Crippen molar-refractivity contribution in [3.63, 3.8) is 0 Å². The molecule has 0 spiro atoms. The number of carboxylic acid groups (broad SMARTS) is 1. The topological polar surface area (TPSA) is 86.7 Å². The number of amides is 3. The molecule has 6 nitrogen and oxygen atoms in total. The quantitative estimate of drug-likeness (QED) is 0.719. The van der Waals surface area contributed by atoms with Crippen molar-refractivity contribution >= 4 is 17.9 Å². The third-order valence-corrected chi connectivity index (χ3v) is 3.50. The Morgan fingerprint density at radius 2 is 1.81 bits per heavy atom. The molecule has 0 aromatic heterocycles. The Morgan fingerprint density at radius 1 is 1.19 bits per heavy atom. The third-order valence-electron chi connectivity index (χ3n) is 3.50. The Balaban J connectivity index is 2.41. The van der Waals surface area contributed by atoms with Crippen molar-refractivity contribution in [2.45, 2.75) is 58.9 Å². The van der Waals surface area contributed by atoms with Crippen LogP contribution >= 0.6 is 0 Å². The van der Waals surface area contributed by atoms with Gasteiger partial charge in [-0.3, -0.25) is 14.9 Å². The number of carboxylic acids is 1. The second-order valence-corrected chi connectivity index (χ2v) is 6.37. The van der Waals surface area contributed by atoms with E-state index in [9.17, 15) is 14.4 Å². The molecule has 0 bridgehead atoms. The van der Waals surface area contributed by atoms with Crippen molar-refractivity contribution in [3.8, 4) is 0 Å². The molecule has 1 aliphatic rings. The fourth-order valence-corrected chi connectivity index (χ4v) is 2.16. The molecule has 2 N–H and O–H groups in total. The molecule has 0 saturated heterocycles. The Morgan fingerprint density at radius 3 is 2.29 bits per heavy atom. The molecule has 1 saturated carbocycles. The molecular weight excluding hydrogens is 272 g/mol. The molecule has 3 amide bonds. The zero-order valence-corrected chi connectivity index (χ0v) is 13.1. The minimum absolute atomic E-state index is 0.0563. The van der Waals surface area contributed by atoms with Gasteiger partial charge in [-0.1, -0.05) is 20.8 Å². The number of carbonyl (C=O) groups is 3. The summed E-state index contributed by atoms with van der Waals surface area (Å²) in [4.78, 5) is 36.2. The van der Waals surface area contributed by atoms with Gasteiger partial charge in [0, 0.05) is 25.4 Å². The summed E-state index contributed by atoms with van der Waals surface area (Å²) < 4.78 is 0. The summed E-state index contributed by atoms with van der Waals surface area (Å²) in [5, 5.41) is 11.0. The van der Waals surface area contributed by atoms with Gasteiger partial charge in [0.15, 0.2) is 0 Å². The van der Waals surface area contributed by atoms with Crippen LogP contribution in [-0.4, -0.2) is 40.5 Å². The number of rotatable bonds is 8. The second-order valence-electron chi connectivity index (χ2n) is 6.37. The predicted molar refractivity (Wildman–Crippen MR) is 78.8 cm³/mol. The number of hydrogen-bond acceptors (Lipinski definition) is 3. The van der Waals surface area contributed by atoms with Crippen molar-refractivity contribution in [3.05, 3.63) is 0 Å². The smallest absolute Gasteiger partial charge is 0.324 e. The van der Waals surface area contributed by atoms with Crippen LogP contribution in [-0.2, 0) is 9.59 Å². The summed E-state index contributed by atoms with van der Waals surface area (Å²) in [5.41, 5.74) is 0. The summed E-state index contributed by atoms with van der Waals surface area (Å²) in [5.74, 6) is -1.10. The first-order chi connectivity index (χ1) is 9.79. The molecule has 1 fully saturated rings. The van der Waals surface area contributed by atoms with E-state index in [1.165, 1.54) is 0 Å². The Labute approximate surface area is 125 Å². The van der Waals surface area contributed by atoms with Gasteiger partial charge < -0.3 is 10.0 Å². The van der Waals surface area contributed by atoms with E-state index >= 15 is 0 Å². The number of carbonyl (C=O) groups excluding carboxylic acids is 2. The van der Waals surface area contributed by atoms with Crippen molar-refractivity contribution in [1.82, 2.24) is 10.2 Å². The van der Waals surface area contributed by atoms with E-state index < -0.39 is 11.9 Å². The van der Waals surface area contributed by atoms with Crippen LogP contribution in [0.15, 0.2) is 0 Å². The van der Waals surface area contributed by atoms with Crippen molar-refractivity contribution in [2.24, 2.45) is 11.8 Å². The number of urea groups is 1. The van der Waals surface area contributed by atoms with Crippen LogP contribution in [0.1, 0.15) is 52.9 Å². The lowest BCUT2D eigenvalue weighted by Crippen LogP contribution is -2.45. The van der Waals surface area contributed by atoms with Gasteiger partial charge in [0.25, 0.3) is 0 Å². The minimum Gasteiger partial charge on any atom is -0.481 e. The maximum atomic E-state index is 12.1. The van der Waals surface area contributed by atoms with Crippen LogP contribution in [0, 0.1) is 11.8 Å². The summed E-state index contributed by atoms with van der Waals surface area (Å²) in [7, 11) is 0. The number of nitrogens with one attached hydrogen (secondary N) is 1.